The summed E-state index contributed by atoms with van der Waals surface area (Å²) in [6, 6.07) is 31.7. The molecule has 1 atom stereocenters. The van der Waals surface area contributed by atoms with Crippen molar-refractivity contribution >= 4 is 17.9 Å². The van der Waals surface area contributed by atoms with Crippen LogP contribution in [0.5, 0.6) is 0 Å². The topological polar surface area (TPSA) is 0 Å². The van der Waals surface area contributed by atoms with Crippen LogP contribution in [0.25, 0.3) is 0 Å². The average Bonchev–Trinajstić information content (AvgIpc) is 2.81. The van der Waals surface area contributed by atoms with Crippen LogP contribution in [-0.2, 0) is 12.6 Å². The van der Waals surface area contributed by atoms with Crippen LogP contribution >= 0.6 is 7.26 Å². The van der Waals surface area contributed by atoms with Gasteiger partial charge in [-0.25, -0.2) is 0 Å². The highest BCUT2D eigenvalue weighted by Gasteiger charge is 2.49. The van der Waals surface area contributed by atoms with E-state index in [4.69, 9.17) is 0 Å². The third-order valence-corrected chi connectivity index (χ3v) is 10.6. The molecule has 0 amide bonds. The van der Waals surface area contributed by atoms with E-state index in [1.807, 2.05) is 0 Å². The van der Waals surface area contributed by atoms with Crippen LogP contribution in [0.15, 0.2) is 84.9 Å². The minimum Gasteiger partial charge on any atom is -0.0620 e. The van der Waals surface area contributed by atoms with Crippen molar-refractivity contribution < 1.29 is 0 Å². The summed E-state index contributed by atoms with van der Waals surface area (Å²) in [7, 11) is -1.46. The molecule has 0 fully saturated rings. The van der Waals surface area contributed by atoms with E-state index in [0.717, 1.165) is 0 Å². The van der Waals surface area contributed by atoms with Gasteiger partial charge < -0.3 is 0 Å². The summed E-state index contributed by atoms with van der Waals surface area (Å²) in [6.07, 6.45) is 3.67. The summed E-state index contributed by atoms with van der Waals surface area (Å²) in [4.78, 5) is 0. The molecule has 1 unspecified atom stereocenters. The highest BCUT2D eigenvalue weighted by atomic mass is 31.2. The van der Waals surface area contributed by atoms with Gasteiger partial charge in [0.25, 0.3) is 0 Å². The summed E-state index contributed by atoms with van der Waals surface area (Å²) in [6.45, 7) is 2.49. The largest absolute Gasteiger partial charge is 0.0998 e. The maximum absolute atomic E-state index is 2.49. The molecule has 0 nitrogen and oxygen atoms in total. The number of rotatable bonds is 2. The van der Waals surface area contributed by atoms with Gasteiger partial charge in [0.15, 0.2) is 0 Å². The fraction of sp³-hybridized carbons (Fsp3) is 0.217. The highest BCUT2D eigenvalue weighted by molar-refractivity contribution is 7.89. The molecule has 3 aromatic rings. The summed E-state index contributed by atoms with van der Waals surface area (Å²) in [5.41, 5.74) is 3.82. The molecule has 1 aliphatic rings. The van der Waals surface area contributed by atoms with E-state index < -0.39 is 7.26 Å². The third kappa shape index (κ3) is 2.60. The lowest BCUT2D eigenvalue weighted by molar-refractivity contribution is 0.807. The van der Waals surface area contributed by atoms with E-state index >= 15 is 0 Å². The zero-order valence-electron chi connectivity index (χ0n) is 14.2. The zero-order valence-corrected chi connectivity index (χ0v) is 15.1. The molecular weight excluding hydrogens is 307 g/mol. The Morgan fingerprint density at radius 2 is 1.17 bits per heavy atom. The van der Waals surface area contributed by atoms with Crippen molar-refractivity contribution in [2.75, 3.05) is 0 Å². The van der Waals surface area contributed by atoms with Gasteiger partial charge >= 0.3 is 0 Å². The Hall–Kier alpha value is -1.91. The van der Waals surface area contributed by atoms with Crippen LogP contribution in [0.3, 0.4) is 0 Å². The summed E-state index contributed by atoms with van der Waals surface area (Å²) in [5, 5.41) is 3.11. The first kappa shape index (κ1) is 15.6. The second-order valence-electron chi connectivity index (χ2n) is 6.85. The lowest BCUT2D eigenvalue weighted by atomic mass is 10.0. The number of hydrogen-bond donors (Lipinski definition) is 0. The molecule has 0 aromatic heterocycles. The number of aryl methyl sites for hydroxylation is 1. The van der Waals surface area contributed by atoms with Crippen LogP contribution in [-0.4, -0.2) is 5.66 Å². The van der Waals surface area contributed by atoms with Crippen molar-refractivity contribution in [3.63, 3.8) is 0 Å². The minimum atomic E-state index is -1.46. The second-order valence-corrected chi connectivity index (χ2v) is 10.8. The van der Waals surface area contributed by atoms with Crippen molar-refractivity contribution in [2.24, 2.45) is 0 Å². The normalized spacial score (nSPS) is 19.3. The third-order valence-electron chi connectivity index (χ3n) is 5.56. The van der Waals surface area contributed by atoms with E-state index in [2.05, 4.69) is 91.9 Å². The molecule has 0 N–H and O–H groups in total. The van der Waals surface area contributed by atoms with Crippen molar-refractivity contribution in [3.8, 4) is 0 Å². The van der Waals surface area contributed by atoms with Crippen LogP contribution in [0.2, 0.25) is 0 Å². The first-order chi connectivity index (χ1) is 11.8. The molecule has 0 bridgehead atoms. The van der Waals surface area contributed by atoms with E-state index in [9.17, 15) is 0 Å². The zero-order chi connectivity index (χ0) is 16.4. The molecule has 0 radical (unpaired) electrons. The van der Waals surface area contributed by atoms with Crippen LogP contribution in [0.4, 0.5) is 0 Å². The molecule has 1 heteroatoms. The van der Waals surface area contributed by atoms with Crippen molar-refractivity contribution in [3.05, 3.63) is 96.1 Å². The first-order valence-electron chi connectivity index (χ1n) is 8.86. The predicted octanol–water partition coefficient (Wildman–Crippen LogP) is 5.19. The first-order valence-corrected chi connectivity index (χ1v) is 10.9. The predicted molar refractivity (Wildman–Crippen MR) is 107 cm³/mol. The fourth-order valence-electron chi connectivity index (χ4n) is 4.19. The molecule has 1 heterocycles. The van der Waals surface area contributed by atoms with Crippen LogP contribution in [0.1, 0.15) is 24.5 Å². The Balaban J connectivity index is 1.96. The van der Waals surface area contributed by atoms with Gasteiger partial charge in [-0.1, -0.05) is 60.7 Å². The summed E-state index contributed by atoms with van der Waals surface area (Å²) < 4.78 is 0. The van der Waals surface area contributed by atoms with Gasteiger partial charge in [-0.2, -0.15) is 0 Å². The lowest BCUT2D eigenvalue weighted by Gasteiger charge is -2.31. The molecule has 0 aliphatic carbocycles. The molecule has 24 heavy (non-hydrogen) atoms. The standard InChI is InChI=1S/C23H24P/c1-19-16-17-20-10-8-9-11-21(20)18-24(19,22-12-4-2-5-13-22)23-14-6-3-7-15-23/h2-15,19H,16-18H2,1H3/q+1. The number of fused-ring (bicyclic) bond motifs is 1. The smallest absolute Gasteiger partial charge is 0.0620 e. The Kier molecular flexibility index (Phi) is 4.25. The molecular formula is C23H24P+. The number of hydrogen-bond acceptors (Lipinski definition) is 0. The molecule has 4 rings (SSSR count). The Bertz CT molecular complexity index is 768. The van der Waals surface area contributed by atoms with Gasteiger partial charge in [-0.05, 0) is 55.2 Å². The van der Waals surface area contributed by atoms with Gasteiger partial charge in [0.05, 0.1) is 29.7 Å². The van der Waals surface area contributed by atoms with Gasteiger partial charge in [0.1, 0.15) is 0 Å². The van der Waals surface area contributed by atoms with Crippen molar-refractivity contribution in [1.29, 1.82) is 0 Å². The van der Waals surface area contributed by atoms with E-state index in [1.54, 1.807) is 21.7 Å². The maximum Gasteiger partial charge on any atom is 0.0998 e. The van der Waals surface area contributed by atoms with Crippen molar-refractivity contribution in [1.82, 2.24) is 0 Å². The minimum absolute atomic E-state index is 0.703. The van der Waals surface area contributed by atoms with Gasteiger partial charge in [0, 0.05) is 0 Å². The molecule has 1 aliphatic heterocycles. The van der Waals surface area contributed by atoms with Gasteiger partial charge in [-0.3, -0.25) is 0 Å². The summed E-state index contributed by atoms with van der Waals surface area (Å²) >= 11 is 0. The Morgan fingerprint density at radius 3 is 1.75 bits per heavy atom. The van der Waals surface area contributed by atoms with E-state index in [0.29, 0.717) is 5.66 Å². The molecule has 0 saturated heterocycles. The quantitative estimate of drug-likeness (QED) is 0.567. The lowest BCUT2D eigenvalue weighted by Crippen LogP contribution is -2.30. The molecule has 3 aromatic carbocycles. The molecule has 120 valence electrons. The molecule has 0 spiro atoms. The maximum atomic E-state index is 2.49. The van der Waals surface area contributed by atoms with Crippen LogP contribution in [0, 0.1) is 0 Å². The molecule has 0 saturated carbocycles. The van der Waals surface area contributed by atoms with Crippen LogP contribution < -0.4 is 10.6 Å². The second kappa shape index (κ2) is 6.54. The Labute approximate surface area is 145 Å². The summed E-state index contributed by atoms with van der Waals surface area (Å²) in [5.74, 6) is 0. The van der Waals surface area contributed by atoms with Gasteiger partial charge in [-0.15, -0.1) is 0 Å². The fourth-order valence-corrected chi connectivity index (χ4v) is 9.01. The van der Waals surface area contributed by atoms with E-state index in [-0.39, 0.29) is 0 Å². The monoisotopic (exact) mass is 331 g/mol. The van der Waals surface area contributed by atoms with E-state index in [1.165, 1.54) is 19.0 Å². The average molecular weight is 331 g/mol. The van der Waals surface area contributed by atoms with Gasteiger partial charge in [0.2, 0.25) is 0 Å². The highest BCUT2D eigenvalue weighted by Crippen LogP contribution is 2.65. The van der Waals surface area contributed by atoms with Crippen molar-refractivity contribution in [2.45, 2.75) is 31.6 Å². The Morgan fingerprint density at radius 1 is 0.667 bits per heavy atom. The SMILES string of the molecule is CC1CCc2ccccc2C[P+]1(c1ccccc1)c1ccccc1. The number of benzene rings is 3.